The van der Waals surface area contributed by atoms with Crippen molar-refractivity contribution in [3.63, 3.8) is 0 Å². The lowest BCUT2D eigenvalue weighted by Gasteiger charge is -1.99. The van der Waals surface area contributed by atoms with E-state index in [1.807, 2.05) is 25.1 Å². The van der Waals surface area contributed by atoms with Crippen LogP contribution in [-0.4, -0.2) is 16.1 Å². The quantitative estimate of drug-likeness (QED) is 0.280. The molecule has 0 atom stereocenters. The molecule has 2 heterocycles. The van der Waals surface area contributed by atoms with E-state index < -0.39 is 0 Å². The van der Waals surface area contributed by atoms with Gasteiger partial charge in [0, 0.05) is 21.2 Å². The van der Waals surface area contributed by atoms with Gasteiger partial charge in [-0.25, -0.2) is 4.39 Å². The number of furan rings is 1. The minimum Gasteiger partial charge on any atom is -0.451 e. The van der Waals surface area contributed by atoms with E-state index in [1.165, 1.54) is 35.2 Å². The molecular formula is C19H13BrFN3O2S2. The first kappa shape index (κ1) is 19.1. The van der Waals surface area contributed by atoms with Crippen LogP contribution in [0.25, 0.3) is 11.0 Å². The highest BCUT2D eigenvalue weighted by Crippen LogP contribution is 2.31. The van der Waals surface area contributed by atoms with E-state index in [9.17, 15) is 9.18 Å². The maximum absolute atomic E-state index is 13.0. The highest BCUT2D eigenvalue weighted by Gasteiger charge is 2.19. The molecule has 2 aromatic heterocycles. The molecule has 0 aliphatic carbocycles. The number of anilines is 1. The van der Waals surface area contributed by atoms with Gasteiger partial charge in [0.05, 0.1) is 0 Å². The van der Waals surface area contributed by atoms with Gasteiger partial charge in [-0.2, -0.15) is 0 Å². The van der Waals surface area contributed by atoms with Crippen molar-refractivity contribution >= 4 is 61.0 Å². The summed E-state index contributed by atoms with van der Waals surface area (Å²) >= 11 is 6.18. The molecule has 0 radical (unpaired) electrons. The zero-order valence-electron chi connectivity index (χ0n) is 14.5. The molecule has 4 aromatic rings. The minimum absolute atomic E-state index is 0.254. The Morgan fingerprint density at radius 1 is 1.25 bits per heavy atom. The van der Waals surface area contributed by atoms with E-state index in [-0.39, 0.29) is 17.5 Å². The number of amides is 1. The fraction of sp³-hybridized carbons (Fsp3) is 0.105. The molecule has 9 heteroatoms. The van der Waals surface area contributed by atoms with E-state index in [0.29, 0.717) is 20.8 Å². The zero-order chi connectivity index (χ0) is 19.7. The Bertz CT molecular complexity index is 1160. The van der Waals surface area contributed by atoms with Gasteiger partial charge in [0.25, 0.3) is 5.91 Å². The molecule has 142 valence electrons. The first-order valence-corrected chi connectivity index (χ1v) is 10.8. The van der Waals surface area contributed by atoms with E-state index in [1.54, 1.807) is 12.1 Å². The molecule has 2 aromatic carbocycles. The van der Waals surface area contributed by atoms with E-state index in [0.717, 1.165) is 21.0 Å². The second kappa shape index (κ2) is 8.02. The summed E-state index contributed by atoms with van der Waals surface area (Å²) in [4.78, 5) is 12.6. The average molecular weight is 478 g/mol. The van der Waals surface area contributed by atoms with Crippen LogP contribution in [0.4, 0.5) is 9.52 Å². The Labute approximate surface area is 176 Å². The van der Waals surface area contributed by atoms with Gasteiger partial charge in [-0.3, -0.25) is 10.1 Å². The normalized spacial score (nSPS) is 11.1. The molecule has 1 N–H and O–H groups in total. The van der Waals surface area contributed by atoms with Gasteiger partial charge in [0.15, 0.2) is 10.1 Å². The highest BCUT2D eigenvalue weighted by atomic mass is 79.9. The van der Waals surface area contributed by atoms with E-state index in [4.69, 9.17) is 4.42 Å². The summed E-state index contributed by atoms with van der Waals surface area (Å²) in [6.07, 6.45) is 0. The summed E-state index contributed by atoms with van der Waals surface area (Å²) in [5.74, 6) is 0.267. The monoisotopic (exact) mass is 477 g/mol. The van der Waals surface area contributed by atoms with Gasteiger partial charge in [0.1, 0.15) is 11.4 Å². The van der Waals surface area contributed by atoms with Gasteiger partial charge in [-0.1, -0.05) is 51.2 Å². The Morgan fingerprint density at radius 2 is 2.04 bits per heavy atom. The number of hydrogen-bond acceptors (Lipinski definition) is 6. The molecule has 0 spiro atoms. The largest absolute Gasteiger partial charge is 0.451 e. The Morgan fingerprint density at radius 3 is 2.82 bits per heavy atom. The molecule has 5 nitrogen and oxygen atoms in total. The molecule has 4 rings (SSSR count). The van der Waals surface area contributed by atoms with Crippen molar-refractivity contribution in [2.75, 3.05) is 5.32 Å². The third-order valence-corrected chi connectivity index (χ3v) is 6.54. The fourth-order valence-corrected chi connectivity index (χ4v) is 4.67. The van der Waals surface area contributed by atoms with Crippen molar-refractivity contribution in [3.05, 3.63) is 69.6 Å². The number of aromatic nitrogens is 2. The molecule has 0 aliphatic heterocycles. The zero-order valence-corrected chi connectivity index (χ0v) is 17.8. The number of benzene rings is 2. The fourth-order valence-electron chi connectivity index (χ4n) is 2.61. The number of carbonyl (C=O) groups excluding carboxylic acids is 1. The molecule has 28 heavy (non-hydrogen) atoms. The van der Waals surface area contributed by atoms with Crippen LogP contribution in [0.5, 0.6) is 0 Å². The summed E-state index contributed by atoms with van der Waals surface area (Å²) in [6.45, 7) is 1.84. The van der Waals surface area contributed by atoms with Crippen molar-refractivity contribution < 1.29 is 13.6 Å². The molecule has 0 bridgehead atoms. The maximum Gasteiger partial charge on any atom is 0.293 e. The number of thioether (sulfide) groups is 1. The third-order valence-electron chi connectivity index (χ3n) is 4.01. The van der Waals surface area contributed by atoms with Gasteiger partial charge < -0.3 is 4.42 Å². The first-order valence-electron chi connectivity index (χ1n) is 8.20. The molecule has 0 saturated heterocycles. The van der Waals surface area contributed by atoms with Crippen molar-refractivity contribution in [1.29, 1.82) is 0 Å². The predicted molar refractivity (Wildman–Crippen MR) is 112 cm³/mol. The van der Waals surface area contributed by atoms with Crippen LogP contribution in [0.3, 0.4) is 0 Å². The summed E-state index contributed by atoms with van der Waals surface area (Å²) in [7, 11) is 0. The van der Waals surface area contributed by atoms with E-state index >= 15 is 0 Å². The maximum atomic E-state index is 13.0. The Balaban J connectivity index is 1.44. The summed E-state index contributed by atoms with van der Waals surface area (Å²) in [5.41, 5.74) is 2.40. The third kappa shape index (κ3) is 4.11. The van der Waals surface area contributed by atoms with Crippen LogP contribution in [0, 0.1) is 12.7 Å². The number of carbonyl (C=O) groups is 1. The van der Waals surface area contributed by atoms with Crippen LogP contribution in [-0.2, 0) is 5.75 Å². The lowest BCUT2D eigenvalue weighted by Crippen LogP contribution is -2.11. The molecule has 1 amide bonds. The molecular weight excluding hydrogens is 465 g/mol. The predicted octanol–water partition coefficient (Wildman–Crippen LogP) is 6.04. The van der Waals surface area contributed by atoms with Crippen molar-refractivity contribution in [2.24, 2.45) is 0 Å². The molecule has 0 saturated carbocycles. The molecule has 0 aliphatic rings. The smallest absolute Gasteiger partial charge is 0.293 e. The standard InChI is InChI=1S/C19H13BrFN3O2S2/c1-10-14-8-12(20)4-7-15(14)26-16(10)17(25)22-18-23-24-19(28-18)27-9-11-2-5-13(21)6-3-11/h2-8H,9H2,1H3,(H,22,23,25). The number of aryl methyl sites for hydroxylation is 1. The lowest BCUT2D eigenvalue weighted by atomic mass is 10.1. The van der Waals surface area contributed by atoms with E-state index in [2.05, 4.69) is 31.4 Å². The van der Waals surface area contributed by atoms with Gasteiger partial charge in [-0.05, 0) is 42.8 Å². The van der Waals surface area contributed by atoms with Crippen LogP contribution in [0.1, 0.15) is 21.7 Å². The van der Waals surface area contributed by atoms with Crippen LogP contribution in [0.2, 0.25) is 0 Å². The topological polar surface area (TPSA) is 68.0 Å². The minimum atomic E-state index is -0.365. The van der Waals surface area contributed by atoms with Gasteiger partial charge >= 0.3 is 0 Å². The number of nitrogens with zero attached hydrogens (tertiary/aromatic N) is 2. The van der Waals surface area contributed by atoms with Crippen LogP contribution >= 0.6 is 39.0 Å². The number of nitrogens with one attached hydrogen (secondary N) is 1. The van der Waals surface area contributed by atoms with Gasteiger partial charge in [-0.15, -0.1) is 10.2 Å². The number of rotatable bonds is 5. The summed E-state index contributed by atoms with van der Waals surface area (Å²) < 4.78 is 20.3. The SMILES string of the molecule is Cc1c(C(=O)Nc2nnc(SCc3ccc(F)cc3)s2)oc2ccc(Br)cc12. The number of halogens is 2. The Kier molecular flexibility index (Phi) is 5.47. The Hall–Kier alpha value is -2.23. The number of hydrogen-bond donors (Lipinski definition) is 1. The first-order chi connectivity index (χ1) is 13.5. The van der Waals surface area contributed by atoms with Crippen molar-refractivity contribution in [1.82, 2.24) is 10.2 Å². The average Bonchev–Trinajstić information content (AvgIpc) is 3.26. The van der Waals surface area contributed by atoms with Crippen molar-refractivity contribution in [3.8, 4) is 0 Å². The molecule has 0 fully saturated rings. The summed E-state index contributed by atoms with van der Waals surface area (Å²) in [5, 5.41) is 12.1. The second-order valence-corrected chi connectivity index (χ2v) is 9.05. The van der Waals surface area contributed by atoms with Gasteiger partial charge in [0.2, 0.25) is 5.13 Å². The van der Waals surface area contributed by atoms with Crippen LogP contribution in [0.15, 0.2) is 55.7 Å². The van der Waals surface area contributed by atoms with Crippen molar-refractivity contribution in [2.45, 2.75) is 17.0 Å². The number of fused-ring (bicyclic) bond motifs is 1. The summed E-state index contributed by atoms with van der Waals surface area (Å²) in [6, 6.07) is 11.9. The second-order valence-electron chi connectivity index (χ2n) is 5.94. The van der Waals surface area contributed by atoms with Crippen LogP contribution < -0.4 is 5.32 Å². The highest BCUT2D eigenvalue weighted by molar-refractivity contribution is 9.10. The molecule has 0 unspecified atom stereocenters. The lowest BCUT2D eigenvalue weighted by molar-refractivity contribution is 0.0998.